The fourth-order valence-electron chi connectivity index (χ4n) is 1.54. The van der Waals surface area contributed by atoms with Gasteiger partial charge >= 0.3 is 0 Å². The quantitative estimate of drug-likeness (QED) is 0.821. The van der Waals surface area contributed by atoms with Gasteiger partial charge in [0.25, 0.3) is 0 Å². The fourth-order valence-corrected chi connectivity index (χ4v) is 1.54. The summed E-state index contributed by atoms with van der Waals surface area (Å²) in [7, 11) is 0. The van der Waals surface area contributed by atoms with Gasteiger partial charge in [0.05, 0.1) is 0 Å². The lowest BCUT2D eigenvalue weighted by Crippen LogP contribution is -2.06. The summed E-state index contributed by atoms with van der Waals surface area (Å²) in [6.45, 7) is -0.207. The van der Waals surface area contributed by atoms with Gasteiger partial charge in [-0.25, -0.2) is 17.6 Å². The summed E-state index contributed by atoms with van der Waals surface area (Å²) in [5.41, 5.74) is -0.362. The van der Waals surface area contributed by atoms with Crippen LogP contribution in [0.3, 0.4) is 0 Å². The molecule has 18 heavy (non-hydrogen) atoms. The van der Waals surface area contributed by atoms with Crippen LogP contribution in [0.1, 0.15) is 5.56 Å². The number of para-hydroxylation sites is 1. The van der Waals surface area contributed by atoms with E-state index in [1.165, 1.54) is 18.2 Å². The molecule has 0 fully saturated rings. The first kappa shape index (κ1) is 12.4. The van der Waals surface area contributed by atoms with Gasteiger partial charge in [0, 0.05) is 12.1 Å². The van der Waals surface area contributed by atoms with Gasteiger partial charge in [-0.05, 0) is 18.2 Å². The van der Waals surface area contributed by atoms with Crippen LogP contribution in [-0.2, 0) is 6.54 Å². The molecule has 0 aliphatic carbocycles. The fraction of sp³-hybridized carbons (Fsp3) is 0.0769. The minimum Gasteiger partial charge on any atom is -0.376 e. The second-order valence-electron chi connectivity index (χ2n) is 3.66. The van der Waals surface area contributed by atoms with Crippen molar-refractivity contribution in [1.29, 1.82) is 0 Å². The van der Waals surface area contributed by atoms with Crippen molar-refractivity contribution in [3.63, 3.8) is 0 Å². The van der Waals surface area contributed by atoms with Crippen LogP contribution in [0, 0.1) is 23.3 Å². The first-order valence-electron chi connectivity index (χ1n) is 5.20. The number of halogens is 4. The van der Waals surface area contributed by atoms with Crippen molar-refractivity contribution in [2.45, 2.75) is 6.54 Å². The van der Waals surface area contributed by atoms with E-state index in [1.54, 1.807) is 0 Å². The molecule has 0 unspecified atom stereocenters. The Morgan fingerprint density at radius 2 is 1.33 bits per heavy atom. The molecule has 0 heterocycles. The molecule has 1 nitrogen and oxygen atoms in total. The molecule has 0 spiro atoms. The Kier molecular flexibility index (Phi) is 3.50. The Morgan fingerprint density at radius 3 is 2.00 bits per heavy atom. The molecule has 2 aromatic rings. The summed E-state index contributed by atoms with van der Waals surface area (Å²) in [5.74, 6) is -3.59. The average Bonchev–Trinajstić information content (AvgIpc) is 2.33. The van der Waals surface area contributed by atoms with E-state index in [4.69, 9.17) is 0 Å². The van der Waals surface area contributed by atoms with Crippen molar-refractivity contribution in [2.24, 2.45) is 0 Å². The molecule has 0 saturated heterocycles. The van der Waals surface area contributed by atoms with Crippen LogP contribution in [0.25, 0.3) is 0 Å². The minimum absolute atomic E-state index is 0.00217. The van der Waals surface area contributed by atoms with E-state index in [9.17, 15) is 17.6 Å². The second-order valence-corrected chi connectivity index (χ2v) is 3.66. The molecule has 0 aromatic heterocycles. The van der Waals surface area contributed by atoms with E-state index in [2.05, 4.69) is 5.32 Å². The zero-order valence-corrected chi connectivity index (χ0v) is 9.18. The highest BCUT2D eigenvalue weighted by Crippen LogP contribution is 2.20. The third kappa shape index (κ3) is 2.45. The van der Waals surface area contributed by atoms with Crippen molar-refractivity contribution >= 4 is 5.69 Å². The predicted octanol–water partition coefficient (Wildman–Crippen LogP) is 3.86. The van der Waals surface area contributed by atoms with Crippen molar-refractivity contribution in [3.05, 3.63) is 65.2 Å². The highest BCUT2D eigenvalue weighted by atomic mass is 19.2. The zero-order valence-electron chi connectivity index (χ0n) is 9.18. The van der Waals surface area contributed by atoms with Crippen LogP contribution >= 0.6 is 0 Å². The normalized spacial score (nSPS) is 10.4. The molecule has 0 saturated carbocycles. The van der Waals surface area contributed by atoms with Crippen LogP contribution in [0.15, 0.2) is 36.4 Å². The molecule has 94 valence electrons. The molecule has 1 N–H and O–H groups in total. The average molecular weight is 255 g/mol. The van der Waals surface area contributed by atoms with Gasteiger partial charge in [0.2, 0.25) is 0 Å². The Bertz CT molecular complexity index is 549. The Hall–Kier alpha value is -2.04. The summed E-state index contributed by atoms with van der Waals surface area (Å²) in [6.07, 6.45) is 0. The first-order chi connectivity index (χ1) is 8.59. The SMILES string of the molecule is Fc1cccc(CNc2c(F)cccc2F)c1F. The topological polar surface area (TPSA) is 12.0 Å². The lowest BCUT2D eigenvalue weighted by Gasteiger charge is -2.09. The summed E-state index contributed by atoms with van der Waals surface area (Å²) in [5, 5.41) is 2.41. The molecule has 0 radical (unpaired) electrons. The van der Waals surface area contributed by atoms with E-state index >= 15 is 0 Å². The third-order valence-corrected chi connectivity index (χ3v) is 2.45. The summed E-state index contributed by atoms with van der Waals surface area (Å²) < 4.78 is 52.7. The maximum Gasteiger partial charge on any atom is 0.163 e. The minimum atomic E-state index is -1.03. The highest BCUT2D eigenvalue weighted by Gasteiger charge is 2.10. The molecule has 0 aliphatic heterocycles. The van der Waals surface area contributed by atoms with Crippen molar-refractivity contribution in [1.82, 2.24) is 0 Å². The van der Waals surface area contributed by atoms with Crippen molar-refractivity contribution in [2.75, 3.05) is 5.32 Å². The maximum absolute atomic E-state index is 13.3. The van der Waals surface area contributed by atoms with Crippen molar-refractivity contribution in [3.8, 4) is 0 Å². The molecular weight excluding hydrogens is 246 g/mol. The van der Waals surface area contributed by atoms with Crippen LogP contribution in [0.5, 0.6) is 0 Å². The van der Waals surface area contributed by atoms with Crippen LogP contribution in [0.4, 0.5) is 23.2 Å². The number of hydrogen-bond acceptors (Lipinski definition) is 1. The van der Waals surface area contributed by atoms with Gasteiger partial charge in [-0.2, -0.15) is 0 Å². The van der Waals surface area contributed by atoms with E-state index in [0.717, 1.165) is 18.2 Å². The predicted molar refractivity (Wildman–Crippen MR) is 60.0 cm³/mol. The molecule has 0 aliphatic rings. The number of nitrogens with one attached hydrogen (secondary N) is 1. The lowest BCUT2D eigenvalue weighted by atomic mass is 10.2. The summed E-state index contributed by atoms with van der Waals surface area (Å²) in [4.78, 5) is 0. The summed E-state index contributed by atoms with van der Waals surface area (Å²) in [6, 6.07) is 7.01. The van der Waals surface area contributed by atoms with Gasteiger partial charge in [-0.15, -0.1) is 0 Å². The molecule has 0 atom stereocenters. The zero-order chi connectivity index (χ0) is 13.1. The standard InChI is InChI=1S/C13H9F4N/c14-9-4-1-3-8(12(9)17)7-18-13-10(15)5-2-6-11(13)16/h1-6,18H,7H2. The third-order valence-electron chi connectivity index (χ3n) is 2.45. The van der Waals surface area contributed by atoms with E-state index < -0.39 is 23.3 Å². The van der Waals surface area contributed by atoms with Gasteiger partial charge in [-0.3, -0.25) is 0 Å². The largest absolute Gasteiger partial charge is 0.376 e. The molecule has 0 amide bonds. The van der Waals surface area contributed by atoms with E-state index in [-0.39, 0.29) is 17.8 Å². The van der Waals surface area contributed by atoms with Gasteiger partial charge in [-0.1, -0.05) is 18.2 Å². The number of benzene rings is 2. The summed E-state index contributed by atoms with van der Waals surface area (Å²) >= 11 is 0. The van der Waals surface area contributed by atoms with Crippen LogP contribution in [0.2, 0.25) is 0 Å². The monoisotopic (exact) mass is 255 g/mol. The Labute approximate surface area is 101 Å². The molecular formula is C13H9F4N. The molecule has 2 rings (SSSR count). The van der Waals surface area contributed by atoms with Gasteiger partial charge in [0.15, 0.2) is 11.6 Å². The lowest BCUT2D eigenvalue weighted by molar-refractivity contribution is 0.500. The second kappa shape index (κ2) is 5.08. The number of hydrogen-bond donors (Lipinski definition) is 1. The van der Waals surface area contributed by atoms with Gasteiger partial charge in [0.1, 0.15) is 17.3 Å². The van der Waals surface area contributed by atoms with E-state index in [1.807, 2.05) is 0 Å². The number of rotatable bonds is 3. The van der Waals surface area contributed by atoms with E-state index in [0.29, 0.717) is 0 Å². The van der Waals surface area contributed by atoms with Crippen molar-refractivity contribution < 1.29 is 17.6 Å². The van der Waals surface area contributed by atoms with Gasteiger partial charge < -0.3 is 5.32 Å². The smallest absolute Gasteiger partial charge is 0.163 e. The molecule has 0 bridgehead atoms. The number of anilines is 1. The maximum atomic E-state index is 13.3. The molecule has 2 aromatic carbocycles. The van der Waals surface area contributed by atoms with Crippen LogP contribution < -0.4 is 5.32 Å². The first-order valence-corrected chi connectivity index (χ1v) is 5.20. The highest BCUT2D eigenvalue weighted by molar-refractivity contribution is 5.46. The van der Waals surface area contributed by atoms with Crippen LogP contribution in [-0.4, -0.2) is 0 Å². The Balaban J connectivity index is 2.19. The Morgan fingerprint density at radius 1 is 0.778 bits per heavy atom. The molecule has 5 heteroatoms.